The molecule has 0 aliphatic carbocycles. The Morgan fingerprint density at radius 3 is 2.52 bits per heavy atom. The summed E-state index contributed by atoms with van der Waals surface area (Å²) in [7, 11) is 3.88. The third kappa shape index (κ3) is 5.44. The highest BCUT2D eigenvalue weighted by atomic mass is 32.1. The smallest absolute Gasteiger partial charge is 0.173 e. The van der Waals surface area contributed by atoms with E-state index in [1.807, 2.05) is 12.1 Å². The van der Waals surface area contributed by atoms with E-state index in [4.69, 9.17) is 17.0 Å². The third-order valence-corrected chi connectivity index (χ3v) is 5.51. The number of likely N-dealkylation sites (tertiary alicyclic amines) is 1. The second kappa shape index (κ2) is 9.20. The second-order valence-electron chi connectivity index (χ2n) is 7.31. The lowest BCUT2D eigenvalue weighted by Gasteiger charge is -2.39. The lowest BCUT2D eigenvalue weighted by atomic mass is 10.0. The van der Waals surface area contributed by atoms with E-state index in [1.165, 1.54) is 11.1 Å². The Balaban J connectivity index is 1.76. The molecule has 27 heavy (non-hydrogen) atoms. The van der Waals surface area contributed by atoms with Gasteiger partial charge in [0.1, 0.15) is 5.75 Å². The van der Waals surface area contributed by atoms with Gasteiger partial charge in [-0.1, -0.05) is 24.3 Å². The maximum Gasteiger partial charge on any atom is 0.173 e. The number of rotatable bonds is 5. The lowest BCUT2D eigenvalue weighted by Crippen LogP contribution is -2.47. The van der Waals surface area contributed by atoms with E-state index in [2.05, 4.69) is 65.5 Å². The molecule has 0 atom stereocenters. The Bertz CT molecular complexity index is 754. The van der Waals surface area contributed by atoms with Crippen molar-refractivity contribution in [2.24, 2.45) is 0 Å². The van der Waals surface area contributed by atoms with Gasteiger partial charge in [-0.2, -0.15) is 0 Å². The van der Waals surface area contributed by atoms with Gasteiger partial charge in [-0.05, 0) is 87.5 Å². The van der Waals surface area contributed by atoms with Crippen LogP contribution in [-0.4, -0.2) is 48.2 Å². The van der Waals surface area contributed by atoms with E-state index >= 15 is 0 Å². The van der Waals surface area contributed by atoms with Crippen LogP contribution in [-0.2, 0) is 6.54 Å². The van der Waals surface area contributed by atoms with E-state index < -0.39 is 0 Å². The molecule has 0 aromatic heterocycles. The molecular weight excluding hydrogens is 354 g/mol. The first-order chi connectivity index (χ1) is 13.0. The molecule has 0 bridgehead atoms. The summed E-state index contributed by atoms with van der Waals surface area (Å²) >= 11 is 5.84. The summed E-state index contributed by atoms with van der Waals surface area (Å²) in [5.74, 6) is 0.880. The van der Waals surface area contributed by atoms with Gasteiger partial charge < -0.3 is 19.9 Å². The lowest BCUT2D eigenvalue weighted by molar-refractivity contribution is 0.173. The quantitative estimate of drug-likeness (QED) is 0.777. The number of hydrogen-bond acceptors (Lipinski definition) is 3. The molecule has 3 rings (SSSR count). The molecule has 0 amide bonds. The second-order valence-corrected chi connectivity index (χ2v) is 7.70. The Kier molecular flexibility index (Phi) is 6.69. The number of nitrogens with zero attached hydrogens (tertiary/aromatic N) is 2. The molecule has 0 radical (unpaired) electrons. The molecule has 1 saturated heterocycles. The van der Waals surface area contributed by atoms with Crippen LogP contribution in [0.3, 0.4) is 0 Å². The van der Waals surface area contributed by atoms with E-state index in [0.29, 0.717) is 6.04 Å². The van der Waals surface area contributed by atoms with Crippen LogP contribution in [0.4, 0.5) is 5.69 Å². The summed E-state index contributed by atoms with van der Waals surface area (Å²) in [6, 6.07) is 17.1. The van der Waals surface area contributed by atoms with Gasteiger partial charge in [-0.3, -0.25) is 0 Å². The summed E-state index contributed by atoms with van der Waals surface area (Å²) in [5.41, 5.74) is 3.51. The molecule has 0 spiro atoms. The number of piperidine rings is 1. The molecule has 0 unspecified atom stereocenters. The average Bonchev–Trinajstić information content (AvgIpc) is 2.67. The first-order valence-electron chi connectivity index (χ1n) is 9.51. The van der Waals surface area contributed by atoms with Crippen LogP contribution in [0.15, 0.2) is 48.5 Å². The molecule has 4 nitrogen and oxygen atoms in total. The number of methoxy groups -OCH3 is 1. The largest absolute Gasteiger partial charge is 0.497 e. The minimum Gasteiger partial charge on any atom is -0.497 e. The molecule has 1 N–H and O–H groups in total. The predicted octanol–water partition coefficient (Wildman–Crippen LogP) is 4.30. The summed E-state index contributed by atoms with van der Waals surface area (Å²) in [6.07, 6.45) is 2.25. The summed E-state index contributed by atoms with van der Waals surface area (Å²) in [4.78, 5) is 4.74. The van der Waals surface area contributed by atoms with E-state index in [1.54, 1.807) is 7.11 Å². The van der Waals surface area contributed by atoms with Gasteiger partial charge in [-0.15, -0.1) is 0 Å². The van der Waals surface area contributed by atoms with Gasteiger partial charge in [0.25, 0.3) is 0 Å². The number of anilines is 1. The minimum atomic E-state index is 0.452. The van der Waals surface area contributed by atoms with Crippen molar-refractivity contribution in [3.8, 4) is 5.75 Å². The Hall–Kier alpha value is -2.11. The van der Waals surface area contributed by atoms with Crippen LogP contribution in [0.25, 0.3) is 0 Å². The van der Waals surface area contributed by atoms with Crippen molar-refractivity contribution in [1.29, 1.82) is 0 Å². The van der Waals surface area contributed by atoms with Crippen LogP contribution in [0.2, 0.25) is 0 Å². The molecule has 0 saturated carbocycles. The van der Waals surface area contributed by atoms with Gasteiger partial charge >= 0.3 is 0 Å². The summed E-state index contributed by atoms with van der Waals surface area (Å²) in [6.45, 7) is 5.12. The van der Waals surface area contributed by atoms with Crippen LogP contribution in [0.1, 0.15) is 24.0 Å². The molecule has 2 aromatic rings. The molecule has 144 valence electrons. The Morgan fingerprint density at radius 2 is 1.89 bits per heavy atom. The van der Waals surface area contributed by atoms with Gasteiger partial charge in [0.05, 0.1) is 7.11 Å². The van der Waals surface area contributed by atoms with Crippen molar-refractivity contribution in [3.05, 3.63) is 59.7 Å². The minimum absolute atomic E-state index is 0.452. The standard InChI is InChI=1S/C22H29N3OS/c1-17-5-4-6-19(15-17)23-22(27)25(20-11-13-24(2)14-12-20)16-18-7-9-21(26-3)10-8-18/h4-10,15,20H,11-14,16H2,1-3H3,(H,23,27). The van der Waals surface area contributed by atoms with Gasteiger partial charge in [-0.25, -0.2) is 0 Å². The fourth-order valence-electron chi connectivity index (χ4n) is 3.52. The van der Waals surface area contributed by atoms with Crippen molar-refractivity contribution in [3.63, 3.8) is 0 Å². The molecule has 1 aliphatic heterocycles. The molecule has 2 aromatic carbocycles. The number of hydrogen-bond donors (Lipinski definition) is 1. The fraction of sp³-hybridized carbons (Fsp3) is 0.409. The van der Waals surface area contributed by atoms with E-state index in [9.17, 15) is 0 Å². The topological polar surface area (TPSA) is 27.7 Å². The first-order valence-corrected chi connectivity index (χ1v) is 9.92. The van der Waals surface area contributed by atoms with Crippen molar-refractivity contribution >= 4 is 23.0 Å². The average molecular weight is 384 g/mol. The highest BCUT2D eigenvalue weighted by molar-refractivity contribution is 7.80. The molecule has 1 fully saturated rings. The van der Waals surface area contributed by atoms with Gasteiger partial charge in [0.2, 0.25) is 0 Å². The fourth-order valence-corrected chi connectivity index (χ4v) is 3.85. The van der Waals surface area contributed by atoms with Crippen molar-refractivity contribution in [2.45, 2.75) is 32.4 Å². The number of benzene rings is 2. The van der Waals surface area contributed by atoms with Gasteiger partial charge in [0.15, 0.2) is 5.11 Å². The summed E-state index contributed by atoms with van der Waals surface area (Å²) in [5, 5.41) is 4.25. The molecule has 1 heterocycles. The van der Waals surface area contributed by atoms with Crippen LogP contribution in [0, 0.1) is 6.92 Å². The van der Waals surface area contributed by atoms with Crippen LogP contribution >= 0.6 is 12.2 Å². The number of nitrogens with one attached hydrogen (secondary N) is 1. The maximum atomic E-state index is 5.84. The zero-order chi connectivity index (χ0) is 19.2. The first kappa shape index (κ1) is 19.6. The maximum absolute atomic E-state index is 5.84. The predicted molar refractivity (Wildman–Crippen MR) is 116 cm³/mol. The van der Waals surface area contributed by atoms with Crippen molar-refractivity contribution in [2.75, 3.05) is 32.6 Å². The van der Waals surface area contributed by atoms with Crippen molar-refractivity contribution in [1.82, 2.24) is 9.80 Å². The highest BCUT2D eigenvalue weighted by Crippen LogP contribution is 2.22. The van der Waals surface area contributed by atoms with Crippen molar-refractivity contribution < 1.29 is 4.74 Å². The van der Waals surface area contributed by atoms with Crippen LogP contribution in [0.5, 0.6) is 5.75 Å². The third-order valence-electron chi connectivity index (χ3n) is 5.17. The Labute approximate surface area is 168 Å². The van der Waals surface area contributed by atoms with E-state index in [0.717, 1.165) is 49.0 Å². The monoisotopic (exact) mass is 383 g/mol. The van der Waals surface area contributed by atoms with E-state index in [-0.39, 0.29) is 0 Å². The Morgan fingerprint density at radius 1 is 1.19 bits per heavy atom. The van der Waals surface area contributed by atoms with Gasteiger partial charge in [0, 0.05) is 18.3 Å². The summed E-state index contributed by atoms with van der Waals surface area (Å²) < 4.78 is 5.28. The van der Waals surface area contributed by atoms with Crippen LogP contribution < -0.4 is 10.1 Å². The zero-order valence-electron chi connectivity index (χ0n) is 16.4. The molecule has 5 heteroatoms. The molecule has 1 aliphatic rings. The SMILES string of the molecule is COc1ccc(CN(C(=S)Nc2cccc(C)c2)C2CCN(C)CC2)cc1. The molecular formula is C22H29N3OS. The number of thiocarbonyl (C=S) groups is 1. The number of aryl methyl sites for hydroxylation is 1. The normalized spacial score (nSPS) is 15.4. The highest BCUT2D eigenvalue weighted by Gasteiger charge is 2.25. The number of ether oxygens (including phenoxy) is 1. The zero-order valence-corrected chi connectivity index (χ0v) is 17.3.